The van der Waals surface area contributed by atoms with Gasteiger partial charge in [0.1, 0.15) is 0 Å². The molecule has 1 aliphatic heterocycles. The summed E-state index contributed by atoms with van der Waals surface area (Å²) in [7, 11) is -3.50. The molecule has 0 spiro atoms. The average Bonchev–Trinajstić information content (AvgIpc) is 3.17. The highest BCUT2D eigenvalue weighted by Gasteiger charge is 2.15. The van der Waals surface area contributed by atoms with Gasteiger partial charge in [0.15, 0.2) is 11.5 Å². The van der Waals surface area contributed by atoms with Crippen LogP contribution < -0.4 is 19.5 Å². The molecular formula is C21H26N2O5S. The predicted molar refractivity (Wildman–Crippen MR) is 109 cm³/mol. The Morgan fingerprint density at radius 2 is 1.72 bits per heavy atom. The van der Waals surface area contributed by atoms with Crippen molar-refractivity contribution in [3.8, 4) is 11.5 Å². The van der Waals surface area contributed by atoms with Gasteiger partial charge in [0.25, 0.3) is 0 Å². The summed E-state index contributed by atoms with van der Waals surface area (Å²) in [6, 6.07) is 12.2. The lowest BCUT2D eigenvalue weighted by atomic mass is 10.1. The molecule has 3 rings (SSSR count). The lowest BCUT2D eigenvalue weighted by molar-refractivity contribution is -0.121. The number of amides is 1. The zero-order chi connectivity index (χ0) is 20.9. The molecule has 2 aromatic carbocycles. The van der Waals surface area contributed by atoms with Crippen molar-refractivity contribution in [2.45, 2.75) is 38.1 Å². The number of benzene rings is 2. The fourth-order valence-corrected chi connectivity index (χ4v) is 4.01. The van der Waals surface area contributed by atoms with E-state index in [1.807, 2.05) is 32.0 Å². The molecule has 2 N–H and O–H groups in total. The molecule has 2 aromatic rings. The highest BCUT2D eigenvalue weighted by atomic mass is 32.2. The van der Waals surface area contributed by atoms with E-state index >= 15 is 0 Å². The van der Waals surface area contributed by atoms with Crippen LogP contribution in [0.2, 0.25) is 0 Å². The third-order valence-corrected chi connectivity index (χ3v) is 5.92. The van der Waals surface area contributed by atoms with Crippen LogP contribution in [0.25, 0.3) is 0 Å². The molecule has 29 heavy (non-hydrogen) atoms. The van der Waals surface area contributed by atoms with Gasteiger partial charge in [0, 0.05) is 19.5 Å². The SMILES string of the molecule is CC(C)CNS(=O)(=O)c1ccc(CCC(=O)NCc2ccc3c(c2)OCO3)cc1. The van der Waals surface area contributed by atoms with Crippen LogP contribution in [0, 0.1) is 5.92 Å². The summed E-state index contributed by atoms with van der Waals surface area (Å²) in [5.41, 5.74) is 1.84. The second-order valence-corrected chi connectivity index (χ2v) is 9.12. The standard InChI is InChI=1S/C21H26N2O5S/c1-15(2)12-23-29(25,26)18-7-3-16(4-8-18)6-10-21(24)22-13-17-5-9-19-20(11-17)28-14-27-19/h3-5,7-9,11,15,23H,6,10,12-14H2,1-2H3,(H,22,24). The minimum absolute atomic E-state index is 0.0713. The first kappa shape index (κ1) is 21.1. The molecule has 1 heterocycles. The van der Waals surface area contributed by atoms with Crippen LogP contribution in [-0.2, 0) is 27.8 Å². The fraction of sp³-hybridized carbons (Fsp3) is 0.381. The first-order valence-corrected chi connectivity index (χ1v) is 11.1. The second kappa shape index (κ2) is 9.28. The third-order valence-electron chi connectivity index (χ3n) is 4.48. The minimum Gasteiger partial charge on any atom is -0.454 e. The van der Waals surface area contributed by atoms with Crippen LogP contribution >= 0.6 is 0 Å². The molecule has 0 aromatic heterocycles. The van der Waals surface area contributed by atoms with Crippen molar-refractivity contribution < 1.29 is 22.7 Å². The molecular weight excluding hydrogens is 392 g/mol. The first-order valence-electron chi connectivity index (χ1n) is 9.57. The molecule has 0 unspecified atom stereocenters. The molecule has 0 radical (unpaired) electrons. The highest BCUT2D eigenvalue weighted by Crippen LogP contribution is 2.32. The van der Waals surface area contributed by atoms with Crippen LogP contribution in [-0.4, -0.2) is 27.7 Å². The molecule has 0 bridgehead atoms. The number of carbonyl (C=O) groups excluding carboxylic acids is 1. The number of hydrogen-bond acceptors (Lipinski definition) is 5. The zero-order valence-electron chi connectivity index (χ0n) is 16.6. The molecule has 0 saturated heterocycles. The van der Waals surface area contributed by atoms with E-state index in [-0.39, 0.29) is 23.5 Å². The van der Waals surface area contributed by atoms with E-state index in [0.29, 0.717) is 37.4 Å². The number of carbonyl (C=O) groups is 1. The Bertz CT molecular complexity index is 956. The van der Waals surface area contributed by atoms with Gasteiger partial charge in [-0.2, -0.15) is 0 Å². The molecule has 0 saturated carbocycles. The zero-order valence-corrected chi connectivity index (χ0v) is 17.4. The quantitative estimate of drug-likeness (QED) is 0.653. The summed E-state index contributed by atoms with van der Waals surface area (Å²) in [6.07, 6.45) is 0.856. The van der Waals surface area contributed by atoms with Crippen LogP contribution in [0.1, 0.15) is 31.4 Å². The maximum atomic E-state index is 12.2. The van der Waals surface area contributed by atoms with Crippen LogP contribution in [0.3, 0.4) is 0 Å². The van der Waals surface area contributed by atoms with Gasteiger partial charge < -0.3 is 14.8 Å². The van der Waals surface area contributed by atoms with Gasteiger partial charge in [-0.15, -0.1) is 0 Å². The van der Waals surface area contributed by atoms with E-state index < -0.39 is 10.0 Å². The van der Waals surface area contributed by atoms with E-state index in [2.05, 4.69) is 10.0 Å². The Kier molecular flexibility index (Phi) is 6.76. The van der Waals surface area contributed by atoms with Crippen molar-refractivity contribution in [3.05, 3.63) is 53.6 Å². The summed E-state index contributed by atoms with van der Waals surface area (Å²) >= 11 is 0. The number of rotatable bonds is 9. The first-order chi connectivity index (χ1) is 13.8. The monoisotopic (exact) mass is 418 g/mol. The lowest BCUT2D eigenvalue weighted by Gasteiger charge is -2.10. The molecule has 1 amide bonds. The van der Waals surface area contributed by atoms with Crippen LogP contribution in [0.5, 0.6) is 11.5 Å². The summed E-state index contributed by atoms with van der Waals surface area (Å²) in [4.78, 5) is 12.4. The summed E-state index contributed by atoms with van der Waals surface area (Å²) in [6.45, 7) is 4.92. The number of nitrogens with one attached hydrogen (secondary N) is 2. The minimum atomic E-state index is -3.50. The van der Waals surface area contributed by atoms with Gasteiger partial charge in [0.05, 0.1) is 4.90 Å². The lowest BCUT2D eigenvalue weighted by Crippen LogP contribution is -2.27. The normalized spacial score (nSPS) is 12.9. The topological polar surface area (TPSA) is 93.7 Å². The number of sulfonamides is 1. The second-order valence-electron chi connectivity index (χ2n) is 7.35. The third kappa shape index (κ3) is 5.95. The molecule has 0 aliphatic carbocycles. The van der Waals surface area contributed by atoms with E-state index in [1.165, 1.54) is 0 Å². The Labute approximate surface area is 171 Å². The summed E-state index contributed by atoms with van der Waals surface area (Å²) < 4.78 is 37.6. The van der Waals surface area contributed by atoms with E-state index in [0.717, 1.165) is 11.1 Å². The molecule has 156 valence electrons. The average molecular weight is 419 g/mol. The Hall–Kier alpha value is -2.58. The highest BCUT2D eigenvalue weighted by molar-refractivity contribution is 7.89. The Morgan fingerprint density at radius 1 is 1.03 bits per heavy atom. The summed E-state index contributed by atoms with van der Waals surface area (Å²) in [5.74, 6) is 1.57. The van der Waals surface area contributed by atoms with E-state index in [9.17, 15) is 13.2 Å². The van der Waals surface area contributed by atoms with Crippen molar-refractivity contribution in [3.63, 3.8) is 0 Å². The molecule has 0 atom stereocenters. The van der Waals surface area contributed by atoms with Crippen LogP contribution in [0.4, 0.5) is 0 Å². The Balaban J connectivity index is 1.46. The number of ether oxygens (including phenoxy) is 2. The number of aryl methyl sites for hydroxylation is 1. The van der Waals surface area contributed by atoms with Gasteiger partial charge in [0.2, 0.25) is 22.7 Å². The fourth-order valence-electron chi connectivity index (χ4n) is 2.79. The van der Waals surface area contributed by atoms with Crippen molar-refractivity contribution in [2.75, 3.05) is 13.3 Å². The maximum Gasteiger partial charge on any atom is 0.240 e. The van der Waals surface area contributed by atoms with Crippen molar-refractivity contribution >= 4 is 15.9 Å². The van der Waals surface area contributed by atoms with Crippen molar-refractivity contribution in [2.24, 2.45) is 5.92 Å². The largest absolute Gasteiger partial charge is 0.454 e. The van der Waals surface area contributed by atoms with E-state index in [4.69, 9.17) is 9.47 Å². The van der Waals surface area contributed by atoms with E-state index in [1.54, 1.807) is 24.3 Å². The van der Waals surface area contributed by atoms with Gasteiger partial charge in [-0.3, -0.25) is 4.79 Å². The maximum absolute atomic E-state index is 12.2. The Morgan fingerprint density at radius 3 is 2.45 bits per heavy atom. The van der Waals surface area contributed by atoms with Gasteiger partial charge in [-0.1, -0.05) is 32.0 Å². The van der Waals surface area contributed by atoms with Crippen molar-refractivity contribution in [1.29, 1.82) is 0 Å². The van der Waals surface area contributed by atoms with Crippen LogP contribution in [0.15, 0.2) is 47.4 Å². The molecule has 7 nitrogen and oxygen atoms in total. The van der Waals surface area contributed by atoms with Gasteiger partial charge >= 0.3 is 0 Å². The summed E-state index contributed by atoms with van der Waals surface area (Å²) in [5, 5.41) is 2.88. The number of fused-ring (bicyclic) bond motifs is 1. The van der Waals surface area contributed by atoms with Gasteiger partial charge in [-0.25, -0.2) is 13.1 Å². The predicted octanol–water partition coefficient (Wildman–Crippen LogP) is 2.60. The smallest absolute Gasteiger partial charge is 0.240 e. The molecule has 1 aliphatic rings. The molecule has 8 heteroatoms. The number of hydrogen-bond donors (Lipinski definition) is 2. The molecule has 0 fully saturated rings. The van der Waals surface area contributed by atoms with Crippen molar-refractivity contribution in [1.82, 2.24) is 10.0 Å². The van der Waals surface area contributed by atoms with Gasteiger partial charge in [-0.05, 0) is 47.7 Å².